The van der Waals surface area contributed by atoms with E-state index in [1.54, 1.807) is 0 Å². The molecule has 0 heterocycles. The average Bonchev–Trinajstić information content (AvgIpc) is 2.23. The maximum atomic E-state index is 13.5. The van der Waals surface area contributed by atoms with Crippen LogP contribution in [0.2, 0.25) is 0 Å². The third kappa shape index (κ3) is 3.46. The summed E-state index contributed by atoms with van der Waals surface area (Å²) in [6.45, 7) is 3.95. The fourth-order valence-electron chi connectivity index (χ4n) is 2.03. The highest BCUT2D eigenvalue weighted by Gasteiger charge is 2.26. The third-order valence-electron chi connectivity index (χ3n) is 2.86. The summed E-state index contributed by atoms with van der Waals surface area (Å²) in [5.41, 5.74) is 5.00. The molecule has 0 spiro atoms. The highest BCUT2D eigenvalue weighted by molar-refractivity contribution is 5.23. The van der Waals surface area contributed by atoms with Crippen LogP contribution in [0, 0.1) is 29.3 Å². The number of aliphatic hydroxyl groups excluding tert-OH is 1. The van der Waals surface area contributed by atoms with Crippen LogP contribution in [0.1, 0.15) is 31.9 Å². The summed E-state index contributed by atoms with van der Waals surface area (Å²) >= 11 is 0. The van der Waals surface area contributed by atoms with Gasteiger partial charge >= 0.3 is 0 Å². The number of hydrogen-bond donors (Lipinski definition) is 2. The highest BCUT2D eigenvalue weighted by Crippen LogP contribution is 2.30. The summed E-state index contributed by atoms with van der Waals surface area (Å²) < 4.78 is 39.8. The predicted molar refractivity (Wildman–Crippen MR) is 63.3 cm³/mol. The molecule has 2 atom stereocenters. The van der Waals surface area contributed by atoms with Gasteiger partial charge < -0.3 is 10.8 Å². The molecule has 0 bridgehead atoms. The number of hydrogen-bond acceptors (Lipinski definition) is 2. The van der Waals surface area contributed by atoms with Gasteiger partial charge in [-0.05, 0) is 18.9 Å². The van der Waals surface area contributed by atoms with E-state index in [2.05, 4.69) is 0 Å². The van der Waals surface area contributed by atoms with Crippen LogP contribution in [-0.2, 0) is 0 Å². The molecule has 0 saturated carbocycles. The molecule has 1 rings (SSSR count). The van der Waals surface area contributed by atoms with E-state index >= 15 is 0 Å². The van der Waals surface area contributed by atoms with Crippen molar-refractivity contribution in [3.63, 3.8) is 0 Å². The van der Waals surface area contributed by atoms with E-state index < -0.39 is 35.0 Å². The maximum Gasteiger partial charge on any atom is 0.134 e. The van der Waals surface area contributed by atoms with Crippen molar-refractivity contribution in [3.05, 3.63) is 35.1 Å². The standard InChI is InChI=1S/C13H18F3NO/c1-7(2)3-8(6-17)13(18)12-10(15)4-9(14)5-11(12)16/h4-5,7-8,13,18H,3,6,17H2,1-2H3. The first-order valence-electron chi connectivity index (χ1n) is 5.89. The first-order valence-corrected chi connectivity index (χ1v) is 5.89. The summed E-state index contributed by atoms with van der Waals surface area (Å²) in [4.78, 5) is 0. The van der Waals surface area contributed by atoms with Crippen LogP contribution in [-0.4, -0.2) is 11.7 Å². The molecule has 0 radical (unpaired) electrons. The van der Waals surface area contributed by atoms with Crippen LogP contribution in [0.4, 0.5) is 13.2 Å². The van der Waals surface area contributed by atoms with Crippen molar-refractivity contribution in [1.82, 2.24) is 0 Å². The molecular formula is C13H18F3NO. The largest absolute Gasteiger partial charge is 0.388 e. The second kappa shape index (κ2) is 6.20. The van der Waals surface area contributed by atoms with Crippen molar-refractivity contribution < 1.29 is 18.3 Å². The van der Waals surface area contributed by atoms with Crippen LogP contribution >= 0.6 is 0 Å². The predicted octanol–water partition coefficient (Wildman–Crippen LogP) is 2.76. The summed E-state index contributed by atoms with van der Waals surface area (Å²) in [5.74, 6) is -3.39. The lowest BCUT2D eigenvalue weighted by Gasteiger charge is -2.24. The van der Waals surface area contributed by atoms with Gasteiger partial charge in [-0.25, -0.2) is 13.2 Å². The molecule has 0 amide bonds. The number of halogens is 3. The minimum atomic E-state index is -1.36. The fraction of sp³-hybridized carbons (Fsp3) is 0.538. The molecule has 5 heteroatoms. The molecular weight excluding hydrogens is 243 g/mol. The van der Waals surface area contributed by atoms with Gasteiger partial charge in [0.2, 0.25) is 0 Å². The number of nitrogens with two attached hydrogens (primary N) is 1. The molecule has 18 heavy (non-hydrogen) atoms. The highest BCUT2D eigenvalue weighted by atomic mass is 19.1. The van der Waals surface area contributed by atoms with Crippen LogP contribution in [0.25, 0.3) is 0 Å². The van der Waals surface area contributed by atoms with Gasteiger partial charge in [0.05, 0.1) is 11.7 Å². The Balaban J connectivity index is 3.05. The molecule has 0 saturated heterocycles. The van der Waals surface area contributed by atoms with Crippen LogP contribution in [0.3, 0.4) is 0 Å². The van der Waals surface area contributed by atoms with E-state index in [9.17, 15) is 18.3 Å². The van der Waals surface area contributed by atoms with Crippen molar-refractivity contribution in [2.45, 2.75) is 26.4 Å². The van der Waals surface area contributed by atoms with E-state index in [1.807, 2.05) is 13.8 Å². The van der Waals surface area contributed by atoms with Gasteiger partial charge in [-0.15, -0.1) is 0 Å². The van der Waals surface area contributed by atoms with Gasteiger partial charge in [0.1, 0.15) is 17.5 Å². The van der Waals surface area contributed by atoms with Crippen LogP contribution < -0.4 is 5.73 Å². The van der Waals surface area contributed by atoms with E-state index in [0.717, 1.165) is 0 Å². The van der Waals surface area contributed by atoms with Gasteiger partial charge in [-0.2, -0.15) is 0 Å². The molecule has 2 unspecified atom stereocenters. The Morgan fingerprint density at radius 2 is 1.67 bits per heavy atom. The topological polar surface area (TPSA) is 46.2 Å². The molecule has 2 nitrogen and oxygen atoms in total. The summed E-state index contributed by atoms with van der Waals surface area (Å²) in [6, 6.07) is 1.12. The Morgan fingerprint density at radius 3 is 2.06 bits per heavy atom. The van der Waals surface area contributed by atoms with E-state index in [-0.39, 0.29) is 12.5 Å². The lowest BCUT2D eigenvalue weighted by Crippen LogP contribution is -2.25. The lowest BCUT2D eigenvalue weighted by atomic mass is 9.88. The second-order valence-corrected chi connectivity index (χ2v) is 4.85. The van der Waals surface area contributed by atoms with Crippen molar-refractivity contribution in [3.8, 4) is 0 Å². The molecule has 0 aliphatic heterocycles. The SMILES string of the molecule is CC(C)CC(CN)C(O)c1c(F)cc(F)cc1F. The molecule has 0 fully saturated rings. The zero-order valence-corrected chi connectivity index (χ0v) is 10.5. The van der Waals surface area contributed by atoms with Crippen molar-refractivity contribution in [2.24, 2.45) is 17.6 Å². The number of aliphatic hydroxyl groups is 1. The minimum Gasteiger partial charge on any atom is -0.388 e. The molecule has 0 aliphatic carbocycles. The third-order valence-corrected chi connectivity index (χ3v) is 2.86. The average molecular weight is 261 g/mol. The molecule has 102 valence electrons. The van der Waals surface area contributed by atoms with Gasteiger partial charge in [0.15, 0.2) is 0 Å². The van der Waals surface area contributed by atoms with E-state index in [4.69, 9.17) is 5.73 Å². The van der Waals surface area contributed by atoms with Gasteiger partial charge in [0.25, 0.3) is 0 Å². The molecule has 1 aromatic rings. The number of rotatable bonds is 5. The van der Waals surface area contributed by atoms with Gasteiger partial charge in [0, 0.05) is 18.1 Å². The van der Waals surface area contributed by atoms with Crippen molar-refractivity contribution in [1.29, 1.82) is 0 Å². The quantitative estimate of drug-likeness (QED) is 0.856. The first-order chi connectivity index (χ1) is 8.36. The maximum absolute atomic E-state index is 13.5. The molecule has 1 aromatic carbocycles. The van der Waals surface area contributed by atoms with Crippen molar-refractivity contribution >= 4 is 0 Å². The lowest BCUT2D eigenvalue weighted by molar-refractivity contribution is 0.0920. The monoisotopic (exact) mass is 261 g/mol. The fourth-order valence-corrected chi connectivity index (χ4v) is 2.03. The smallest absolute Gasteiger partial charge is 0.134 e. The second-order valence-electron chi connectivity index (χ2n) is 4.85. The van der Waals surface area contributed by atoms with E-state index in [1.165, 1.54) is 0 Å². The summed E-state index contributed by atoms with van der Waals surface area (Å²) in [6.07, 6.45) is -0.827. The van der Waals surface area contributed by atoms with Crippen LogP contribution in [0.15, 0.2) is 12.1 Å². The Kier molecular flexibility index (Phi) is 5.16. The summed E-state index contributed by atoms with van der Waals surface area (Å²) in [7, 11) is 0. The molecule has 3 N–H and O–H groups in total. The Morgan fingerprint density at radius 1 is 1.17 bits per heavy atom. The van der Waals surface area contributed by atoms with Crippen LogP contribution in [0.5, 0.6) is 0 Å². The first kappa shape index (κ1) is 15.0. The van der Waals surface area contributed by atoms with Gasteiger partial charge in [-0.1, -0.05) is 13.8 Å². The zero-order valence-electron chi connectivity index (χ0n) is 10.5. The van der Waals surface area contributed by atoms with Crippen molar-refractivity contribution in [2.75, 3.05) is 6.54 Å². The van der Waals surface area contributed by atoms with E-state index in [0.29, 0.717) is 18.6 Å². The molecule has 0 aliphatic rings. The zero-order chi connectivity index (χ0) is 13.9. The molecule has 0 aromatic heterocycles. The normalized spacial score (nSPS) is 14.9. The Labute approximate surface area is 105 Å². The Hall–Kier alpha value is -1.07. The minimum absolute atomic E-state index is 0.107. The Bertz CT molecular complexity index is 386. The van der Waals surface area contributed by atoms with Gasteiger partial charge in [-0.3, -0.25) is 0 Å². The number of benzene rings is 1. The summed E-state index contributed by atoms with van der Waals surface area (Å²) in [5, 5.41) is 10.00.